The number of nitrogens with zero attached hydrogens (tertiary/aromatic N) is 4. The van der Waals surface area contributed by atoms with Crippen molar-refractivity contribution in [3.8, 4) is 0 Å². The zero-order valence-electron chi connectivity index (χ0n) is 15.6. The fourth-order valence-electron chi connectivity index (χ4n) is 3.27. The minimum atomic E-state index is 0.196. The molecule has 2 heterocycles. The van der Waals surface area contributed by atoms with Crippen molar-refractivity contribution in [2.45, 2.75) is 12.8 Å². The van der Waals surface area contributed by atoms with Gasteiger partial charge in [0.2, 0.25) is 5.91 Å². The highest BCUT2D eigenvalue weighted by atomic mass is 16.2. The second kappa shape index (κ2) is 8.76. The molecule has 26 heavy (non-hydrogen) atoms. The number of aromatic nitrogens is 2. The monoisotopic (exact) mass is 353 g/mol. The Morgan fingerprint density at radius 3 is 2.85 bits per heavy atom. The Bertz CT molecular complexity index is 719. The molecule has 1 amide bonds. The number of hydrogen-bond donors (Lipinski definition) is 1. The number of benzene rings is 1. The smallest absolute Gasteiger partial charge is 0.227 e. The molecule has 138 valence electrons. The average molecular weight is 353 g/mol. The predicted octanol–water partition coefficient (Wildman–Crippen LogP) is 1.38. The first kappa shape index (κ1) is 18.3. The van der Waals surface area contributed by atoms with Crippen LogP contribution in [-0.2, 0) is 17.6 Å². The summed E-state index contributed by atoms with van der Waals surface area (Å²) in [6.07, 6.45) is 2.92. The molecule has 1 atom stereocenters. The highest BCUT2D eigenvalue weighted by molar-refractivity contribution is 5.78. The van der Waals surface area contributed by atoms with Crippen molar-refractivity contribution in [1.29, 1.82) is 0 Å². The number of carbonyl (C=O) groups excluding carboxylic acids is 1. The quantitative estimate of drug-likeness (QED) is 0.880. The van der Waals surface area contributed by atoms with E-state index in [-0.39, 0.29) is 5.91 Å². The van der Waals surface area contributed by atoms with Crippen molar-refractivity contribution < 1.29 is 4.79 Å². The van der Waals surface area contributed by atoms with Crippen LogP contribution in [0.2, 0.25) is 0 Å². The van der Waals surface area contributed by atoms with E-state index in [4.69, 9.17) is 0 Å². The molecule has 3 rings (SSSR count). The van der Waals surface area contributed by atoms with Crippen molar-refractivity contribution in [2.75, 3.05) is 45.2 Å². The summed E-state index contributed by atoms with van der Waals surface area (Å²) >= 11 is 0. The van der Waals surface area contributed by atoms with Crippen molar-refractivity contribution in [3.63, 3.8) is 0 Å². The first-order valence-electron chi connectivity index (χ1n) is 9.12. The lowest BCUT2D eigenvalue weighted by Gasteiger charge is -2.24. The maximum atomic E-state index is 12.7. The van der Waals surface area contributed by atoms with Gasteiger partial charge in [0.05, 0.1) is 6.42 Å². The number of nitrogens with one attached hydrogen (secondary N) is 1. The van der Waals surface area contributed by atoms with Gasteiger partial charge in [0, 0.05) is 52.0 Å². The molecule has 6 heteroatoms. The molecule has 1 aromatic carbocycles. The Kier molecular flexibility index (Phi) is 6.17. The van der Waals surface area contributed by atoms with E-state index in [1.165, 1.54) is 0 Å². The van der Waals surface area contributed by atoms with Gasteiger partial charge in [-0.3, -0.25) is 4.79 Å². The fourth-order valence-corrected chi connectivity index (χ4v) is 3.27. The number of rotatable bonds is 5. The maximum absolute atomic E-state index is 12.7. The molecule has 0 spiro atoms. The first-order chi connectivity index (χ1) is 12.6. The van der Waals surface area contributed by atoms with Crippen LogP contribution in [0.15, 0.2) is 42.7 Å². The largest absolute Gasteiger partial charge is 0.363 e. The van der Waals surface area contributed by atoms with Crippen LogP contribution in [-0.4, -0.2) is 61.0 Å². The first-order valence-corrected chi connectivity index (χ1v) is 9.12. The van der Waals surface area contributed by atoms with Crippen LogP contribution >= 0.6 is 0 Å². The second-order valence-corrected chi connectivity index (χ2v) is 7.04. The molecule has 0 saturated carbocycles. The van der Waals surface area contributed by atoms with Gasteiger partial charge in [-0.25, -0.2) is 9.97 Å². The Morgan fingerprint density at radius 1 is 1.27 bits per heavy atom. The van der Waals surface area contributed by atoms with E-state index in [1.54, 1.807) is 6.33 Å². The van der Waals surface area contributed by atoms with E-state index < -0.39 is 0 Å². The van der Waals surface area contributed by atoms with Gasteiger partial charge in [0.25, 0.3) is 0 Å². The Hall–Kier alpha value is -2.47. The lowest BCUT2D eigenvalue weighted by atomic mass is 10.0. The van der Waals surface area contributed by atoms with Crippen LogP contribution in [0.3, 0.4) is 0 Å². The molecule has 0 aliphatic carbocycles. The minimum Gasteiger partial charge on any atom is -0.363 e. The summed E-state index contributed by atoms with van der Waals surface area (Å²) < 4.78 is 0. The van der Waals surface area contributed by atoms with Gasteiger partial charge < -0.3 is 15.1 Å². The number of hydrogen-bond acceptors (Lipinski definition) is 5. The third kappa shape index (κ3) is 5.02. The van der Waals surface area contributed by atoms with Crippen molar-refractivity contribution in [1.82, 2.24) is 20.2 Å². The molecular formula is C20H27N5O. The van der Waals surface area contributed by atoms with Gasteiger partial charge in [0.1, 0.15) is 12.1 Å². The van der Waals surface area contributed by atoms with Crippen molar-refractivity contribution >= 4 is 11.7 Å². The number of anilines is 1. The zero-order chi connectivity index (χ0) is 18.4. The molecule has 1 unspecified atom stereocenters. The maximum Gasteiger partial charge on any atom is 0.227 e. The lowest BCUT2D eigenvalue weighted by Crippen LogP contribution is -2.37. The molecule has 0 radical (unpaired) electrons. The SMILES string of the molecule is CN(C)c1cc(CC2CNCCN(C(=O)Cc3ccccc3)C2)ncn1. The van der Waals surface area contributed by atoms with Crippen LogP contribution in [0.4, 0.5) is 5.82 Å². The normalized spacial score (nSPS) is 17.6. The van der Waals surface area contributed by atoms with Crippen LogP contribution < -0.4 is 10.2 Å². The van der Waals surface area contributed by atoms with Gasteiger partial charge in [-0.05, 0) is 17.9 Å². The van der Waals surface area contributed by atoms with E-state index in [9.17, 15) is 4.79 Å². The van der Waals surface area contributed by atoms with Gasteiger partial charge in [-0.2, -0.15) is 0 Å². The van der Waals surface area contributed by atoms with Crippen LogP contribution in [0, 0.1) is 5.92 Å². The topological polar surface area (TPSA) is 61.4 Å². The van der Waals surface area contributed by atoms with Gasteiger partial charge in [-0.1, -0.05) is 30.3 Å². The molecule has 1 fully saturated rings. The van der Waals surface area contributed by atoms with Gasteiger partial charge in [0.15, 0.2) is 0 Å². The molecule has 0 bridgehead atoms. The zero-order valence-corrected chi connectivity index (χ0v) is 15.6. The Balaban J connectivity index is 1.63. The molecular weight excluding hydrogens is 326 g/mol. The summed E-state index contributed by atoms with van der Waals surface area (Å²) in [6.45, 7) is 3.26. The van der Waals surface area contributed by atoms with Crippen LogP contribution in [0.5, 0.6) is 0 Å². The minimum absolute atomic E-state index is 0.196. The van der Waals surface area contributed by atoms with E-state index in [2.05, 4.69) is 15.3 Å². The molecule has 1 saturated heterocycles. The molecule has 2 aromatic rings. The highest BCUT2D eigenvalue weighted by Gasteiger charge is 2.22. The third-order valence-electron chi connectivity index (χ3n) is 4.69. The Labute approximate surface area is 155 Å². The Morgan fingerprint density at radius 2 is 2.08 bits per heavy atom. The predicted molar refractivity (Wildman–Crippen MR) is 103 cm³/mol. The van der Waals surface area contributed by atoms with Crippen molar-refractivity contribution in [2.24, 2.45) is 5.92 Å². The van der Waals surface area contributed by atoms with Crippen LogP contribution in [0.1, 0.15) is 11.3 Å². The second-order valence-electron chi connectivity index (χ2n) is 7.04. The van der Waals surface area contributed by atoms with Crippen molar-refractivity contribution in [3.05, 3.63) is 54.0 Å². The van der Waals surface area contributed by atoms with E-state index in [0.29, 0.717) is 12.3 Å². The molecule has 1 aliphatic rings. The molecule has 6 nitrogen and oxygen atoms in total. The standard InChI is InChI=1S/C20H27N5O/c1-24(2)19-12-18(22-15-23-19)10-17-13-21-8-9-25(14-17)20(26)11-16-6-4-3-5-7-16/h3-7,12,15,17,21H,8-11,13-14H2,1-2H3. The van der Waals surface area contributed by atoms with Gasteiger partial charge >= 0.3 is 0 Å². The summed E-state index contributed by atoms with van der Waals surface area (Å²) in [5, 5.41) is 3.46. The van der Waals surface area contributed by atoms with E-state index in [0.717, 1.165) is 49.7 Å². The number of carbonyl (C=O) groups is 1. The summed E-state index contributed by atoms with van der Waals surface area (Å²) in [6, 6.07) is 12.0. The summed E-state index contributed by atoms with van der Waals surface area (Å²) in [5.74, 6) is 1.46. The number of amides is 1. The summed E-state index contributed by atoms with van der Waals surface area (Å²) in [4.78, 5) is 25.4. The molecule has 1 aliphatic heterocycles. The van der Waals surface area contributed by atoms with E-state index in [1.807, 2.05) is 60.3 Å². The van der Waals surface area contributed by atoms with E-state index >= 15 is 0 Å². The summed E-state index contributed by atoms with van der Waals surface area (Å²) in [7, 11) is 3.95. The highest BCUT2D eigenvalue weighted by Crippen LogP contribution is 2.15. The average Bonchev–Trinajstić information content (AvgIpc) is 2.88. The molecule has 1 N–H and O–H groups in total. The summed E-state index contributed by atoms with van der Waals surface area (Å²) in [5.41, 5.74) is 2.09. The van der Waals surface area contributed by atoms with Gasteiger partial charge in [-0.15, -0.1) is 0 Å². The lowest BCUT2D eigenvalue weighted by molar-refractivity contribution is -0.130. The fraction of sp³-hybridized carbons (Fsp3) is 0.450. The third-order valence-corrected chi connectivity index (χ3v) is 4.69. The molecule has 1 aromatic heterocycles. The van der Waals surface area contributed by atoms with Crippen LogP contribution in [0.25, 0.3) is 0 Å².